The predicted molar refractivity (Wildman–Crippen MR) is 242 cm³/mol. The molecule has 0 heterocycles. The SMILES string of the molecule is C=C[Si](C)(C)C(C)(C)O[Si](C)(C)C(C)(CC)O[Si](C)(OC(C)(CC)[Si](C)(C)OC(C)(CC)[Si](C)(C)C=C)O[Si](C)(C)O[C@](C)(CC)[Si](C)(C)C=C. The molecule has 0 aromatic rings. The van der Waals surface area contributed by atoms with Gasteiger partial charge in [-0.15, -0.1) is 19.7 Å². The van der Waals surface area contributed by atoms with Gasteiger partial charge in [0.15, 0.2) is 0 Å². The molecule has 0 radical (unpaired) electrons. The van der Waals surface area contributed by atoms with E-state index in [4.69, 9.17) is 26.2 Å². The van der Waals surface area contributed by atoms with E-state index in [1.807, 2.05) is 0 Å². The second kappa shape index (κ2) is 16.9. The molecule has 0 aliphatic heterocycles. The first-order chi connectivity index (χ1) is 22.4. The van der Waals surface area contributed by atoms with Crippen LogP contribution in [0, 0.1) is 0 Å². The van der Waals surface area contributed by atoms with E-state index in [-0.39, 0.29) is 15.7 Å². The van der Waals surface area contributed by atoms with Gasteiger partial charge in [-0.3, -0.25) is 0 Å². The van der Waals surface area contributed by atoms with Crippen molar-refractivity contribution in [1.29, 1.82) is 0 Å². The second-order valence-corrected chi connectivity index (χ2v) is 48.9. The fourth-order valence-corrected chi connectivity index (χ4v) is 30.3. The lowest BCUT2D eigenvalue weighted by Gasteiger charge is -2.55. The highest BCUT2D eigenvalue weighted by molar-refractivity contribution is 6.88. The summed E-state index contributed by atoms with van der Waals surface area (Å²) >= 11 is 0. The first kappa shape index (κ1) is 51.5. The van der Waals surface area contributed by atoms with Crippen molar-refractivity contribution in [2.75, 3.05) is 0 Å². The maximum atomic E-state index is 7.61. The Morgan fingerprint density at radius 3 is 1.00 bits per heavy atom. The topological polar surface area (TPSA) is 55.4 Å². The van der Waals surface area contributed by atoms with Gasteiger partial charge in [0.25, 0.3) is 0 Å². The Kier molecular flexibility index (Phi) is 17.1. The Hall–Kier alpha value is 0.498. The second-order valence-electron chi connectivity index (χ2n) is 19.5. The Bertz CT molecular complexity index is 1210. The Morgan fingerprint density at radius 2 is 0.706 bits per heavy atom. The van der Waals surface area contributed by atoms with Gasteiger partial charge in [0.2, 0.25) is 16.6 Å². The summed E-state index contributed by atoms with van der Waals surface area (Å²) in [4.78, 5) is 0. The largest absolute Gasteiger partial charge is 0.489 e. The van der Waals surface area contributed by atoms with Gasteiger partial charge < -0.3 is 26.2 Å². The minimum atomic E-state index is -3.55. The first-order valence-corrected chi connectivity index (χ1v) is 39.6. The van der Waals surface area contributed by atoms with Crippen molar-refractivity contribution in [2.24, 2.45) is 0 Å². The van der Waals surface area contributed by atoms with Crippen molar-refractivity contribution in [1.82, 2.24) is 0 Å². The van der Waals surface area contributed by atoms with Crippen molar-refractivity contribution in [2.45, 2.75) is 206 Å². The predicted octanol–water partition coefficient (Wildman–Crippen LogP) is 12.2. The lowest BCUT2D eigenvalue weighted by molar-refractivity contribution is -0.0272. The normalized spacial score (nSPS) is 20.3. The molecule has 5 atom stereocenters. The molecule has 0 rings (SSSR count). The summed E-state index contributed by atoms with van der Waals surface area (Å²) in [7, 11) is -17.6. The van der Waals surface area contributed by atoms with Gasteiger partial charge in [-0.05, 0) is 107 Å². The van der Waals surface area contributed by atoms with Gasteiger partial charge in [-0.2, -0.15) is 0 Å². The minimum Gasteiger partial charge on any atom is -0.412 e. The molecule has 0 aliphatic carbocycles. The third kappa shape index (κ3) is 11.3. The van der Waals surface area contributed by atoms with Crippen molar-refractivity contribution < 1.29 is 26.2 Å². The molecule has 0 saturated heterocycles. The Balaban J connectivity index is 7.58. The van der Waals surface area contributed by atoms with Gasteiger partial charge in [0.05, 0.1) is 10.4 Å². The number of rotatable bonds is 24. The molecular formula is C38H86O6Si7. The molecule has 0 aromatic carbocycles. The molecule has 0 aliphatic rings. The maximum Gasteiger partial charge on any atom is 0.489 e. The fraction of sp³-hybridized carbons (Fsp3) is 0.842. The van der Waals surface area contributed by atoms with E-state index >= 15 is 0 Å². The zero-order chi connectivity index (χ0) is 41.2. The fourth-order valence-electron chi connectivity index (χ4n) is 6.68. The lowest BCUT2D eigenvalue weighted by atomic mass is 10.3. The zero-order valence-electron chi connectivity index (χ0n) is 38.1. The quantitative estimate of drug-likeness (QED) is 0.0903. The standard InChI is InChI=1S/C38H86O6Si7/c1-27-35(10,46(16,17)32-6)40-49(22,23)38(13,30-4)43-51(26,44-50(24,25)41-36(11,28-2)47(18,19)33-7)42-37(12,29-3)48(20,21)39-34(8,9)45(14,15)31-5/h31-33H,5-7,27-30H2,1-4,8-26H3/t35?,36-,37?,38?,51?/m0/s1. The molecule has 0 bridgehead atoms. The van der Waals surface area contributed by atoms with Crippen molar-refractivity contribution in [3.05, 3.63) is 36.8 Å². The average molecular weight is 836 g/mol. The lowest BCUT2D eigenvalue weighted by Crippen LogP contribution is -2.72. The van der Waals surface area contributed by atoms with E-state index in [0.717, 1.165) is 25.7 Å². The van der Waals surface area contributed by atoms with Crippen LogP contribution < -0.4 is 0 Å². The van der Waals surface area contributed by atoms with Gasteiger partial charge in [0, 0.05) is 22.2 Å². The van der Waals surface area contributed by atoms with Crippen LogP contribution in [0.2, 0.25) is 85.1 Å². The number of hydrogen-bond acceptors (Lipinski definition) is 6. The molecule has 13 heteroatoms. The van der Waals surface area contributed by atoms with Crippen LogP contribution in [0.25, 0.3) is 0 Å². The molecule has 6 nitrogen and oxygen atoms in total. The summed E-state index contributed by atoms with van der Waals surface area (Å²) in [6, 6.07) is 0. The summed E-state index contributed by atoms with van der Waals surface area (Å²) in [5.74, 6) is 0. The summed E-state index contributed by atoms with van der Waals surface area (Å²) < 4.78 is 44.6. The van der Waals surface area contributed by atoms with Crippen molar-refractivity contribution in [3.63, 3.8) is 0 Å². The molecule has 0 amide bonds. The van der Waals surface area contributed by atoms with E-state index in [0.29, 0.717) is 0 Å². The molecule has 302 valence electrons. The monoisotopic (exact) mass is 834 g/mol. The molecule has 51 heavy (non-hydrogen) atoms. The van der Waals surface area contributed by atoms with E-state index in [1.54, 1.807) is 0 Å². The van der Waals surface area contributed by atoms with E-state index in [2.05, 4.69) is 191 Å². The number of hydrogen-bond donors (Lipinski definition) is 0. The highest BCUT2D eigenvalue weighted by atomic mass is 28.5. The maximum absolute atomic E-state index is 7.61. The molecule has 0 spiro atoms. The Labute approximate surface area is 325 Å². The van der Waals surface area contributed by atoms with Crippen LogP contribution in [0.3, 0.4) is 0 Å². The van der Waals surface area contributed by atoms with Crippen LogP contribution in [-0.2, 0) is 26.2 Å². The van der Waals surface area contributed by atoms with Crippen LogP contribution in [0.15, 0.2) is 36.8 Å². The third-order valence-corrected chi connectivity index (χ3v) is 41.4. The van der Waals surface area contributed by atoms with Crippen LogP contribution >= 0.6 is 0 Å². The highest BCUT2D eigenvalue weighted by Crippen LogP contribution is 2.44. The first-order valence-electron chi connectivity index (χ1n) is 19.5. The highest BCUT2D eigenvalue weighted by Gasteiger charge is 2.61. The van der Waals surface area contributed by atoms with Gasteiger partial charge in [0.1, 0.15) is 24.2 Å². The third-order valence-electron chi connectivity index (χ3n) is 13.8. The molecule has 0 N–H and O–H groups in total. The summed E-state index contributed by atoms with van der Waals surface area (Å²) in [5, 5.41) is -2.23. The summed E-state index contributed by atoms with van der Waals surface area (Å²) in [6.45, 7) is 64.6. The molecule has 4 unspecified atom stereocenters. The molecule has 0 aromatic heterocycles. The van der Waals surface area contributed by atoms with Gasteiger partial charge in [-0.25, -0.2) is 0 Å². The smallest absolute Gasteiger partial charge is 0.412 e. The zero-order valence-corrected chi connectivity index (χ0v) is 45.1. The van der Waals surface area contributed by atoms with E-state index < -0.39 is 68.7 Å². The van der Waals surface area contributed by atoms with Crippen molar-refractivity contribution in [3.8, 4) is 0 Å². The molecular weight excluding hydrogens is 749 g/mol. The van der Waals surface area contributed by atoms with Gasteiger partial charge in [-0.1, -0.05) is 84.1 Å². The van der Waals surface area contributed by atoms with Crippen LogP contribution in [0.4, 0.5) is 0 Å². The van der Waals surface area contributed by atoms with Crippen molar-refractivity contribution >= 4 is 58.2 Å². The molecule has 0 saturated carbocycles. The van der Waals surface area contributed by atoms with Crippen LogP contribution in [-0.4, -0.2) is 84.3 Å². The van der Waals surface area contributed by atoms with Gasteiger partial charge >= 0.3 is 17.4 Å². The minimum absolute atomic E-state index is 0.293. The molecule has 0 fully saturated rings. The summed E-state index contributed by atoms with van der Waals surface area (Å²) in [6.07, 6.45) is 3.30. The summed E-state index contributed by atoms with van der Waals surface area (Å²) in [5.41, 5.74) is 6.44. The van der Waals surface area contributed by atoms with Crippen LogP contribution in [0.5, 0.6) is 0 Å². The van der Waals surface area contributed by atoms with Crippen LogP contribution in [0.1, 0.15) is 94.9 Å². The van der Waals surface area contributed by atoms with E-state index in [9.17, 15) is 0 Å². The Morgan fingerprint density at radius 1 is 0.412 bits per heavy atom. The van der Waals surface area contributed by atoms with E-state index in [1.165, 1.54) is 0 Å². The average Bonchev–Trinajstić information content (AvgIpc) is 2.98.